The highest BCUT2D eigenvalue weighted by atomic mass is 15.3. The van der Waals surface area contributed by atoms with Crippen LogP contribution < -0.4 is 5.32 Å². The van der Waals surface area contributed by atoms with Gasteiger partial charge in [0.15, 0.2) is 0 Å². The lowest BCUT2D eigenvalue weighted by Gasteiger charge is -2.31. The Labute approximate surface area is 117 Å². The van der Waals surface area contributed by atoms with Gasteiger partial charge in [-0.25, -0.2) is 0 Å². The van der Waals surface area contributed by atoms with Crippen LogP contribution >= 0.6 is 0 Å². The summed E-state index contributed by atoms with van der Waals surface area (Å²) in [5, 5.41) is 8.02. The lowest BCUT2D eigenvalue weighted by molar-refractivity contribution is 0.179. The molecule has 0 radical (unpaired) electrons. The number of aromatic nitrogens is 2. The van der Waals surface area contributed by atoms with Crippen molar-refractivity contribution < 1.29 is 0 Å². The minimum absolute atomic E-state index is 0.632. The Kier molecular flexibility index (Phi) is 5.40. The molecule has 108 valence electrons. The number of nitrogens with one attached hydrogen (secondary N) is 1. The van der Waals surface area contributed by atoms with Crippen LogP contribution in [-0.4, -0.2) is 46.4 Å². The molecule has 0 spiro atoms. The second kappa shape index (κ2) is 7.06. The first-order valence-corrected chi connectivity index (χ1v) is 7.65. The first kappa shape index (κ1) is 14.5. The Morgan fingerprint density at radius 1 is 1.42 bits per heavy atom. The Balaban J connectivity index is 1.91. The summed E-state index contributed by atoms with van der Waals surface area (Å²) in [5.74, 6) is 0.748. The zero-order valence-corrected chi connectivity index (χ0v) is 12.5. The van der Waals surface area contributed by atoms with E-state index in [1.807, 2.05) is 23.1 Å². The summed E-state index contributed by atoms with van der Waals surface area (Å²) in [5.41, 5.74) is 0. The van der Waals surface area contributed by atoms with Crippen molar-refractivity contribution in [1.82, 2.24) is 20.0 Å². The van der Waals surface area contributed by atoms with E-state index in [1.54, 1.807) is 0 Å². The minimum Gasteiger partial charge on any atom is -0.312 e. The molecule has 0 saturated carbocycles. The maximum absolute atomic E-state index is 4.29. The smallest absolute Gasteiger partial charge is 0.0536 e. The van der Waals surface area contributed by atoms with Gasteiger partial charge in [0.2, 0.25) is 0 Å². The van der Waals surface area contributed by atoms with Crippen LogP contribution in [0.3, 0.4) is 0 Å². The van der Waals surface area contributed by atoms with Gasteiger partial charge in [-0.05, 0) is 31.9 Å². The van der Waals surface area contributed by atoms with E-state index in [9.17, 15) is 0 Å². The van der Waals surface area contributed by atoms with E-state index in [-0.39, 0.29) is 0 Å². The first-order valence-electron chi connectivity index (χ1n) is 7.65. The highest BCUT2D eigenvalue weighted by Crippen LogP contribution is 2.15. The van der Waals surface area contributed by atoms with Gasteiger partial charge in [-0.15, -0.1) is 0 Å². The molecule has 1 aliphatic rings. The highest BCUT2D eigenvalue weighted by Gasteiger charge is 2.25. The molecule has 3 atom stereocenters. The van der Waals surface area contributed by atoms with Crippen molar-refractivity contribution in [2.24, 2.45) is 5.92 Å². The van der Waals surface area contributed by atoms with Crippen LogP contribution in [0.15, 0.2) is 18.5 Å². The van der Waals surface area contributed by atoms with E-state index in [1.165, 1.54) is 12.8 Å². The number of rotatable bonds is 5. The molecule has 1 aromatic rings. The zero-order chi connectivity index (χ0) is 13.7. The molecular formula is C15H28N4. The molecule has 1 fully saturated rings. The van der Waals surface area contributed by atoms with Gasteiger partial charge >= 0.3 is 0 Å². The monoisotopic (exact) mass is 264 g/mol. The zero-order valence-electron chi connectivity index (χ0n) is 12.5. The van der Waals surface area contributed by atoms with Gasteiger partial charge in [-0.2, -0.15) is 5.10 Å². The molecular weight excluding hydrogens is 236 g/mol. The number of hydrogen-bond donors (Lipinski definition) is 1. The van der Waals surface area contributed by atoms with Gasteiger partial charge in [0.25, 0.3) is 0 Å². The molecule has 0 amide bonds. The summed E-state index contributed by atoms with van der Waals surface area (Å²) in [7, 11) is 0. The van der Waals surface area contributed by atoms with E-state index in [2.05, 4.69) is 36.1 Å². The van der Waals surface area contributed by atoms with Gasteiger partial charge in [0.1, 0.15) is 0 Å². The van der Waals surface area contributed by atoms with Gasteiger partial charge in [0.05, 0.1) is 6.54 Å². The van der Waals surface area contributed by atoms with Crippen LogP contribution in [0.5, 0.6) is 0 Å². The van der Waals surface area contributed by atoms with E-state index in [0.717, 1.165) is 32.1 Å². The fourth-order valence-electron chi connectivity index (χ4n) is 2.80. The minimum atomic E-state index is 0.632. The highest BCUT2D eigenvalue weighted by molar-refractivity contribution is 4.84. The van der Waals surface area contributed by atoms with E-state index in [0.29, 0.717) is 12.1 Å². The van der Waals surface area contributed by atoms with Crippen LogP contribution in [0.2, 0.25) is 0 Å². The van der Waals surface area contributed by atoms with Crippen LogP contribution in [0, 0.1) is 5.92 Å². The van der Waals surface area contributed by atoms with Crippen LogP contribution in [-0.2, 0) is 6.54 Å². The Morgan fingerprint density at radius 2 is 2.26 bits per heavy atom. The van der Waals surface area contributed by atoms with Crippen molar-refractivity contribution in [3.8, 4) is 0 Å². The van der Waals surface area contributed by atoms with Crippen LogP contribution in [0.25, 0.3) is 0 Å². The van der Waals surface area contributed by atoms with Crippen LogP contribution in [0.1, 0.15) is 33.6 Å². The SMILES string of the molecule is CCC(C)C1CN(CCn2cccn2)C(C)CCN1. The predicted octanol–water partition coefficient (Wildman–Crippen LogP) is 1.98. The molecule has 4 nitrogen and oxygen atoms in total. The molecule has 2 heterocycles. The second-order valence-corrected chi connectivity index (χ2v) is 5.85. The Bertz CT molecular complexity index is 349. The lowest BCUT2D eigenvalue weighted by Crippen LogP contribution is -2.44. The van der Waals surface area contributed by atoms with Crippen molar-refractivity contribution in [2.45, 2.75) is 52.2 Å². The molecule has 1 saturated heterocycles. The summed E-state index contributed by atoms with van der Waals surface area (Å²) in [6.07, 6.45) is 6.40. The summed E-state index contributed by atoms with van der Waals surface area (Å²) in [6, 6.07) is 3.29. The van der Waals surface area contributed by atoms with Crippen molar-refractivity contribution >= 4 is 0 Å². The summed E-state index contributed by atoms with van der Waals surface area (Å²) >= 11 is 0. The summed E-state index contributed by atoms with van der Waals surface area (Å²) in [4.78, 5) is 2.62. The lowest BCUT2D eigenvalue weighted by atomic mass is 9.99. The van der Waals surface area contributed by atoms with Gasteiger partial charge in [-0.3, -0.25) is 9.58 Å². The van der Waals surface area contributed by atoms with Crippen molar-refractivity contribution in [2.75, 3.05) is 19.6 Å². The van der Waals surface area contributed by atoms with Crippen molar-refractivity contribution in [3.05, 3.63) is 18.5 Å². The molecule has 1 N–H and O–H groups in total. The average molecular weight is 264 g/mol. The molecule has 1 aromatic heterocycles. The van der Waals surface area contributed by atoms with Gasteiger partial charge in [0, 0.05) is 37.6 Å². The third kappa shape index (κ3) is 4.05. The normalized spacial score (nSPS) is 27.1. The third-order valence-corrected chi connectivity index (χ3v) is 4.53. The van der Waals surface area contributed by atoms with Gasteiger partial charge < -0.3 is 5.32 Å². The Hall–Kier alpha value is -0.870. The molecule has 3 unspecified atom stereocenters. The standard InChI is InChI=1S/C15H28N4/c1-4-13(2)15-12-18(14(3)6-8-16-15)10-11-19-9-5-7-17-19/h5,7,9,13-16H,4,6,8,10-12H2,1-3H3. The van der Waals surface area contributed by atoms with Crippen LogP contribution in [0.4, 0.5) is 0 Å². The predicted molar refractivity (Wildman–Crippen MR) is 79.1 cm³/mol. The second-order valence-electron chi connectivity index (χ2n) is 5.85. The Morgan fingerprint density at radius 3 is 2.95 bits per heavy atom. The third-order valence-electron chi connectivity index (χ3n) is 4.53. The maximum Gasteiger partial charge on any atom is 0.0536 e. The van der Waals surface area contributed by atoms with E-state index in [4.69, 9.17) is 0 Å². The molecule has 0 aromatic carbocycles. The molecule has 0 bridgehead atoms. The van der Waals surface area contributed by atoms with Crippen molar-refractivity contribution in [1.29, 1.82) is 0 Å². The molecule has 0 aliphatic carbocycles. The molecule has 4 heteroatoms. The summed E-state index contributed by atoms with van der Waals surface area (Å²) in [6.45, 7) is 11.4. The largest absolute Gasteiger partial charge is 0.312 e. The summed E-state index contributed by atoms with van der Waals surface area (Å²) < 4.78 is 2.03. The van der Waals surface area contributed by atoms with E-state index < -0.39 is 0 Å². The quantitative estimate of drug-likeness (QED) is 0.883. The van der Waals surface area contributed by atoms with Crippen molar-refractivity contribution in [3.63, 3.8) is 0 Å². The topological polar surface area (TPSA) is 33.1 Å². The molecule has 2 rings (SSSR count). The maximum atomic E-state index is 4.29. The van der Waals surface area contributed by atoms with E-state index >= 15 is 0 Å². The van der Waals surface area contributed by atoms with Gasteiger partial charge in [-0.1, -0.05) is 20.3 Å². The number of hydrogen-bond acceptors (Lipinski definition) is 3. The fraction of sp³-hybridized carbons (Fsp3) is 0.800. The molecule has 1 aliphatic heterocycles. The number of nitrogens with zero attached hydrogens (tertiary/aromatic N) is 3. The molecule has 19 heavy (non-hydrogen) atoms. The fourth-order valence-corrected chi connectivity index (χ4v) is 2.80. The average Bonchev–Trinajstić information content (AvgIpc) is 2.86. The first-order chi connectivity index (χ1) is 9.20.